The summed E-state index contributed by atoms with van der Waals surface area (Å²) in [5, 5.41) is 16.9. The van der Waals surface area contributed by atoms with Crippen LogP contribution in [0.15, 0.2) is 0 Å². The van der Waals surface area contributed by atoms with E-state index in [2.05, 4.69) is 4.90 Å². The van der Waals surface area contributed by atoms with Gasteiger partial charge < -0.3 is 25.2 Å². The van der Waals surface area contributed by atoms with Gasteiger partial charge in [0.15, 0.2) is 0 Å². The molecule has 3 saturated heterocycles. The summed E-state index contributed by atoms with van der Waals surface area (Å²) in [6, 6.07) is -0.810. The van der Waals surface area contributed by atoms with Gasteiger partial charge in [-0.15, -0.1) is 0 Å². The molecule has 3 unspecified atom stereocenters. The highest BCUT2D eigenvalue weighted by atomic mass is 16.6. The van der Waals surface area contributed by atoms with Crippen LogP contribution in [-0.2, 0) is 14.3 Å². The quantitative estimate of drug-likeness (QED) is 0.367. The molecule has 2 amide bonds. The summed E-state index contributed by atoms with van der Waals surface area (Å²) in [5.41, 5.74) is 5.15. The van der Waals surface area contributed by atoms with Crippen molar-refractivity contribution >= 4 is 24.0 Å². The van der Waals surface area contributed by atoms with Crippen LogP contribution in [0.4, 0.5) is 9.59 Å². The molecule has 3 aliphatic heterocycles. The predicted octanol–water partition coefficient (Wildman–Crippen LogP) is 0.213. The zero-order valence-electron chi connectivity index (χ0n) is 19.7. The molecule has 12 heteroatoms. The standard InChI is InChI=1S/C21H36N6O6/c1-21(2,3)33-20(31)26-5-4-14(10-16(26)18(22)23)27-12-15(32-19(27)30)11-24-6-8-25(9-7-24)13-17(28)29/h14-16H,4-13H2,1-3H3,(H3,22,23)(H,28,29). The van der Waals surface area contributed by atoms with E-state index in [1.165, 1.54) is 4.90 Å². The molecule has 0 aromatic heterocycles. The normalized spacial score (nSPS) is 27.4. The highest BCUT2D eigenvalue weighted by molar-refractivity contribution is 5.87. The number of cyclic esters (lactones) is 1. The van der Waals surface area contributed by atoms with E-state index in [9.17, 15) is 14.4 Å². The largest absolute Gasteiger partial charge is 0.480 e. The summed E-state index contributed by atoms with van der Waals surface area (Å²) in [6.07, 6.45) is -0.251. The van der Waals surface area contributed by atoms with Gasteiger partial charge in [-0.2, -0.15) is 0 Å². The number of hydrogen-bond acceptors (Lipinski definition) is 8. The Morgan fingerprint density at radius 1 is 1.18 bits per heavy atom. The second kappa shape index (κ2) is 10.1. The number of nitrogens with zero attached hydrogens (tertiary/aromatic N) is 4. The molecule has 0 aromatic carbocycles. The highest BCUT2D eigenvalue weighted by Gasteiger charge is 2.43. The van der Waals surface area contributed by atoms with Gasteiger partial charge in [-0.25, -0.2) is 9.59 Å². The van der Waals surface area contributed by atoms with Crippen LogP contribution in [0.25, 0.3) is 0 Å². The number of aliphatic carboxylic acids is 1. The Hall–Kier alpha value is -2.60. The van der Waals surface area contributed by atoms with Gasteiger partial charge in [0, 0.05) is 45.3 Å². The van der Waals surface area contributed by atoms with Gasteiger partial charge in [-0.3, -0.25) is 24.9 Å². The number of hydrogen-bond donors (Lipinski definition) is 3. The summed E-state index contributed by atoms with van der Waals surface area (Å²) >= 11 is 0. The van der Waals surface area contributed by atoms with Crippen molar-refractivity contribution in [3.8, 4) is 0 Å². The van der Waals surface area contributed by atoms with Crippen LogP contribution in [0.3, 0.4) is 0 Å². The SMILES string of the molecule is CC(C)(C)OC(=O)N1CCC(N2CC(CN3CCN(CC(=O)O)CC3)OC2=O)CC1C(=N)N. The van der Waals surface area contributed by atoms with Crippen LogP contribution in [0, 0.1) is 5.41 Å². The number of amides is 2. The first-order valence-electron chi connectivity index (χ1n) is 11.4. The molecule has 0 saturated carbocycles. The van der Waals surface area contributed by atoms with Crippen LogP contribution in [0.1, 0.15) is 33.6 Å². The number of likely N-dealkylation sites (tertiary alicyclic amines) is 1. The summed E-state index contributed by atoms with van der Waals surface area (Å²) in [5.74, 6) is -0.959. The van der Waals surface area contributed by atoms with Gasteiger partial charge in [0.25, 0.3) is 0 Å². The van der Waals surface area contributed by atoms with Gasteiger partial charge in [-0.1, -0.05) is 0 Å². The van der Waals surface area contributed by atoms with Gasteiger partial charge in [0.05, 0.1) is 19.1 Å². The fourth-order valence-corrected chi connectivity index (χ4v) is 4.61. The maximum atomic E-state index is 12.6. The molecular formula is C21H36N6O6. The number of nitrogens with two attached hydrogens (primary N) is 1. The number of nitrogens with one attached hydrogen (secondary N) is 1. The molecule has 3 heterocycles. The number of carboxylic acid groups (broad SMARTS) is 1. The van der Waals surface area contributed by atoms with Gasteiger partial charge in [-0.05, 0) is 33.6 Å². The number of carboxylic acids is 1. The molecular weight excluding hydrogens is 432 g/mol. The minimum absolute atomic E-state index is 0.0410. The molecule has 0 radical (unpaired) electrons. The molecule has 4 N–H and O–H groups in total. The van der Waals surface area contributed by atoms with Crippen LogP contribution in [0.5, 0.6) is 0 Å². The Morgan fingerprint density at radius 2 is 1.82 bits per heavy atom. The topological polar surface area (TPSA) is 153 Å². The van der Waals surface area contributed by atoms with Crippen molar-refractivity contribution in [2.75, 3.05) is 52.4 Å². The fourth-order valence-electron chi connectivity index (χ4n) is 4.61. The Morgan fingerprint density at radius 3 is 2.39 bits per heavy atom. The Kier molecular flexibility index (Phi) is 7.68. The van der Waals surface area contributed by atoms with E-state index in [0.29, 0.717) is 45.6 Å². The summed E-state index contributed by atoms with van der Waals surface area (Å²) < 4.78 is 11.1. The Bertz CT molecular complexity index is 763. The van der Waals surface area contributed by atoms with E-state index in [1.54, 1.807) is 25.7 Å². The van der Waals surface area contributed by atoms with Crippen molar-refractivity contribution in [1.29, 1.82) is 5.41 Å². The molecule has 0 spiro atoms. The third-order valence-electron chi connectivity index (χ3n) is 6.19. The number of piperidine rings is 1. The highest BCUT2D eigenvalue weighted by Crippen LogP contribution is 2.27. The number of rotatable bonds is 6. The lowest BCUT2D eigenvalue weighted by Crippen LogP contribution is -2.57. The smallest absolute Gasteiger partial charge is 0.410 e. The molecule has 12 nitrogen and oxygen atoms in total. The molecule has 186 valence electrons. The van der Waals surface area contributed by atoms with Crippen LogP contribution in [0.2, 0.25) is 0 Å². The summed E-state index contributed by atoms with van der Waals surface area (Å²) in [4.78, 5) is 43.3. The minimum atomic E-state index is -0.828. The van der Waals surface area contributed by atoms with Crippen LogP contribution in [-0.4, -0.2) is 125 Å². The molecule has 0 bridgehead atoms. The zero-order chi connectivity index (χ0) is 24.3. The lowest BCUT2D eigenvalue weighted by Gasteiger charge is -2.41. The van der Waals surface area contributed by atoms with Crippen molar-refractivity contribution in [1.82, 2.24) is 19.6 Å². The number of piperazine rings is 1. The average Bonchev–Trinajstić information content (AvgIpc) is 3.07. The average molecular weight is 469 g/mol. The maximum absolute atomic E-state index is 12.6. The maximum Gasteiger partial charge on any atom is 0.410 e. The third-order valence-corrected chi connectivity index (χ3v) is 6.19. The zero-order valence-corrected chi connectivity index (χ0v) is 19.7. The van der Waals surface area contributed by atoms with Crippen LogP contribution < -0.4 is 5.73 Å². The monoisotopic (exact) mass is 468 g/mol. The number of amidine groups is 1. The van der Waals surface area contributed by atoms with Crippen molar-refractivity contribution in [2.24, 2.45) is 5.73 Å². The fraction of sp³-hybridized carbons (Fsp3) is 0.810. The first-order valence-corrected chi connectivity index (χ1v) is 11.4. The van der Waals surface area contributed by atoms with Gasteiger partial charge in [0.2, 0.25) is 0 Å². The molecule has 3 rings (SSSR count). The van der Waals surface area contributed by atoms with Crippen molar-refractivity contribution in [2.45, 2.75) is 57.4 Å². The van der Waals surface area contributed by atoms with E-state index in [-0.39, 0.29) is 30.6 Å². The molecule has 3 fully saturated rings. The van der Waals surface area contributed by atoms with Crippen molar-refractivity contribution in [3.05, 3.63) is 0 Å². The summed E-state index contributed by atoms with van der Waals surface area (Å²) in [7, 11) is 0. The molecule has 3 aliphatic rings. The minimum Gasteiger partial charge on any atom is -0.480 e. The summed E-state index contributed by atoms with van der Waals surface area (Å²) in [6.45, 7) is 9.55. The Balaban J connectivity index is 1.53. The molecule has 0 aliphatic carbocycles. The van der Waals surface area contributed by atoms with E-state index >= 15 is 0 Å². The van der Waals surface area contributed by atoms with E-state index < -0.39 is 23.7 Å². The second-order valence-electron chi connectivity index (χ2n) is 9.95. The van der Waals surface area contributed by atoms with Gasteiger partial charge in [0.1, 0.15) is 17.5 Å². The van der Waals surface area contributed by atoms with Gasteiger partial charge >= 0.3 is 18.2 Å². The molecule has 33 heavy (non-hydrogen) atoms. The number of ether oxygens (including phenoxy) is 2. The van der Waals surface area contributed by atoms with E-state index in [1.807, 2.05) is 4.90 Å². The molecule has 3 atom stereocenters. The van der Waals surface area contributed by atoms with Crippen molar-refractivity contribution < 1.29 is 29.0 Å². The first kappa shape index (κ1) is 25.0. The Labute approximate surface area is 194 Å². The third kappa shape index (κ3) is 6.70. The van der Waals surface area contributed by atoms with E-state index in [0.717, 1.165) is 13.1 Å². The lowest BCUT2D eigenvalue weighted by molar-refractivity contribution is -0.138. The second-order valence-corrected chi connectivity index (χ2v) is 9.95. The van der Waals surface area contributed by atoms with Crippen molar-refractivity contribution in [3.63, 3.8) is 0 Å². The predicted molar refractivity (Wildman–Crippen MR) is 119 cm³/mol. The lowest BCUT2D eigenvalue weighted by atomic mass is 9.95. The van der Waals surface area contributed by atoms with E-state index in [4.69, 9.17) is 25.7 Å². The number of carbonyl (C=O) groups excluding carboxylic acids is 2. The first-order chi connectivity index (χ1) is 15.4. The molecule has 0 aromatic rings. The number of carbonyl (C=O) groups is 3. The van der Waals surface area contributed by atoms with Crippen LogP contribution >= 0.6 is 0 Å².